The summed E-state index contributed by atoms with van der Waals surface area (Å²) in [5.41, 5.74) is 8.47. The van der Waals surface area contributed by atoms with E-state index in [9.17, 15) is 61.1 Å². The van der Waals surface area contributed by atoms with Crippen LogP contribution in [0.1, 0.15) is 39.8 Å². The van der Waals surface area contributed by atoms with Crippen molar-refractivity contribution >= 4 is 35.7 Å². The van der Waals surface area contributed by atoms with Gasteiger partial charge in [0.1, 0.15) is 44.3 Å². The number of esters is 2. The second kappa shape index (κ2) is 28.9. The van der Waals surface area contributed by atoms with Crippen LogP contribution in [0.3, 0.4) is 0 Å². The van der Waals surface area contributed by atoms with Gasteiger partial charge in [-0.25, -0.2) is 32.3 Å². The fourth-order valence-corrected chi connectivity index (χ4v) is 8.05. The first-order chi connectivity index (χ1) is 39.4. The Kier molecular flexibility index (Phi) is 21.1. The number of nitrogens with two attached hydrogens (primary N) is 1. The molecule has 23 heteroatoms. The van der Waals surface area contributed by atoms with E-state index in [1.165, 1.54) is 30.3 Å². The Hall–Kier alpha value is -9.74. The predicted molar refractivity (Wildman–Crippen MR) is 284 cm³/mol. The van der Waals surface area contributed by atoms with Gasteiger partial charge in [0.2, 0.25) is 40.7 Å². The molecule has 426 valence electrons. The summed E-state index contributed by atoms with van der Waals surface area (Å²) in [6.07, 6.45) is -5.22. The van der Waals surface area contributed by atoms with Gasteiger partial charge < -0.3 is 50.5 Å². The number of hydrogen-bond acceptors (Lipinski definition) is 14. The zero-order chi connectivity index (χ0) is 58.7. The van der Waals surface area contributed by atoms with E-state index < -0.39 is 119 Å². The van der Waals surface area contributed by atoms with Crippen molar-refractivity contribution < 1.29 is 79.6 Å². The molecule has 0 saturated carbocycles. The van der Waals surface area contributed by atoms with Crippen molar-refractivity contribution in [3.05, 3.63) is 230 Å². The Morgan fingerprint density at radius 2 is 1.00 bits per heavy atom. The number of nitrogens with one attached hydrogen (secondary N) is 3. The molecule has 0 aromatic heterocycles. The number of benzene rings is 7. The lowest BCUT2D eigenvalue weighted by Gasteiger charge is -2.22. The molecule has 0 aliphatic carbocycles. The molecule has 0 saturated heterocycles. The minimum Gasteiger partial charge on any atom is -0.489 e. The molecule has 7 rings (SSSR count). The second-order valence-corrected chi connectivity index (χ2v) is 18.3. The van der Waals surface area contributed by atoms with Crippen molar-refractivity contribution in [1.29, 1.82) is 0 Å². The third kappa shape index (κ3) is 16.9. The maximum atomic E-state index is 14.9. The Labute approximate surface area is 465 Å². The van der Waals surface area contributed by atoms with E-state index in [0.717, 1.165) is 6.07 Å². The molecule has 0 aliphatic rings. The first kappa shape index (κ1) is 59.9. The van der Waals surface area contributed by atoms with E-state index in [2.05, 4.69) is 16.0 Å². The van der Waals surface area contributed by atoms with Gasteiger partial charge in [-0.2, -0.15) is 8.78 Å². The van der Waals surface area contributed by atoms with Crippen LogP contribution in [0.2, 0.25) is 0 Å². The van der Waals surface area contributed by atoms with Gasteiger partial charge in [0.25, 0.3) is 5.69 Å². The number of amides is 3. The van der Waals surface area contributed by atoms with Crippen LogP contribution in [-0.2, 0) is 67.9 Å². The topological polar surface area (TPSA) is 257 Å². The summed E-state index contributed by atoms with van der Waals surface area (Å²) >= 11 is 0. The summed E-state index contributed by atoms with van der Waals surface area (Å²) in [4.78, 5) is 79.1. The number of nitro benzene ring substituents is 1. The zero-order valence-corrected chi connectivity index (χ0v) is 43.2. The third-order valence-electron chi connectivity index (χ3n) is 12.3. The normalized spacial score (nSPS) is 12.4. The second-order valence-electron chi connectivity index (χ2n) is 18.3. The number of hydrogen-bond donors (Lipinski definition) is 5. The molecule has 0 radical (unpaired) electrons. The molecule has 3 amide bonds. The summed E-state index contributed by atoms with van der Waals surface area (Å²) in [6.45, 7) is -1.13. The molecular weight excluding hydrogens is 1080 g/mol. The maximum absolute atomic E-state index is 14.9. The van der Waals surface area contributed by atoms with E-state index in [0.29, 0.717) is 22.3 Å². The lowest BCUT2D eigenvalue weighted by atomic mass is 9.95. The first-order valence-corrected chi connectivity index (χ1v) is 25.1. The predicted octanol–water partition coefficient (Wildman–Crippen LogP) is 8.75. The molecule has 0 fully saturated rings. The van der Waals surface area contributed by atoms with Gasteiger partial charge in [-0.3, -0.25) is 14.9 Å². The molecule has 4 atom stereocenters. The van der Waals surface area contributed by atoms with E-state index in [-0.39, 0.29) is 61.0 Å². The molecule has 1 unspecified atom stereocenters. The van der Waals surface area contributed by atoms with Gasteiger partial charge in [-0.05, 0) is 69.6 Å². The number of alkyl carbamates (subject to hydrolysis) is 2. The molecule has 18 nitrogen and oxygen atoms in total. The Balaban J connectivity index is 1.18. The van der Waals surface area contributed by atoms with Crippen molar-refractivity contribution in [1.82, 2.24) is 16.0 Å². The average molecular weight is 1130 g/mol. The van der Waals surface area contributed by atoms with Crippen molar-refractivity contribution in [2.75, 3.05) is 6.54 Å². The van der Waals surface area contributed by atoms with Gasteiger partial charge in [-0.15, -0.1) is 0 Å². The van der Waals surface area contributed by atoms with Gasteiger partial charge >= 0.3 is 24.1 Å². The average Bonchev–Trinajstić information content (AvgIpc) is 3.62. The van der Waals surface area contributed by atoms with Crippen molar-refractivity contribution in [2.45, 2.75) is 69.9 Å². The van der Waals surface area contributed by atoms with Crippen LogP contribution in [0.5, 0.6) is 11.5 Å². The highest BCUT2D eigenvalue weighted by molar-refractivity contribution is 5.88. The molecule has 7 aromatic carbocycles. The smallest absolute Gasteiger partial charge is 0.408 e. The SMILES string of the molecule is N[C@@H](C[C@@H](O)CNC(=O)OCc1ccccc1)C(=O)NC(Cc1cc(-c2ccc(OCc3ccccc3)c(C[C@H](NC(=O)OCc3ccccc3)C(=O)Oc3c(F)c(F)c(F)c(F)c3F)c2)ccc1[N+](=O)[O-])C(=O)OCc1ccccc1. The molecule has 0 spiro atoms. The van der Waals surface area contributed by atoms with Crippen LogP contribution in [0.4, 0.5) is 37.2 Å². The lowest BCUT2D eigenvalue weighted by Crippen LogP contribution is -2.51. The number of rotatable bonds is 25. The standard InChI is InChI=1S/C59H52F5N5O13/c60-49-50(61)52(63)54(53(64)51(49)62)82-57(73)46(68-59(75)81-34-38-19-11-4-12-20-38)28-42-26-40(22-24-48(42)78-31-35-13-5-1-6-14-35)39-21-23-47(69(76)77)41(25-39)27-45(56(72)79-32-36-15-7-2-8-16-36)67-55(71)44(65)29-43(70)30-66-58(74)80-33-37-17-9-3-10-18-37/h1-26,43-46,70H,27-34,65H2,(H,66,74)(H,67,71)(H,68,75)/t43-,44+,45?,46+/m1/s1. The van der Waals surface area contributed by atoms with E-state index in [4.69, 9.17) is 29.4 Å². The first-order valence-electron chi connectivity index (χ1n) is 25.1. The number of halogens is 5. The third-order valence-corrected chi connectivity index (χ3v) is 12.3. The van der Waals surface area contributed by atoms with Crippen LogP contribution in [0.15, 0.2) is 158 Å². The number of nitro groups is 1. The molecule has 82 heavy (non-hydrogen) atoms. The number of aliphatic hydroxyl groups is 1. The van der Waals surface area contributed by atoms with Crippen LogP contribution in [-0.4, -0.2) is 70.8 Å². The van der Waals surface area contributed by atoms with Gasteiger partial charge in [0.05, 0.1) is 17.1 Å². The van der Waals surface area contributed by atoms with Gasteiger partial charge in [-0.1, -0.05) is 127 Å². The Morgan fingerprint density at radius 3 is 1.54 bits per heavy atom. The number of carbonyl (C=O) groups excluding carboxylic acids is 5. The summed E-state index contributed by atoms with van der Waals surface area (Å²) in [6, 6.07) is 37.1. The Morgan fingerprint density at radius 1 is 0.549 bits per heavy atom. The van der Waals surface area contributed by atoms with E-state index in [1.54, 1.807) is 121 Å². The largest absolute Gasteiger partial charge is 0.489 e. The Bertz CT molecular complexity index is 3340. The van der Waals surface area contributed by atoms with Crippen LogP contribution >= 0.6 is 0 Å². The highest BCUT2D eigenvalue weighted by Gasteiger charge is 2.34. The van der Waals surface area contributed by atoms with Crippen LogP contribution < -0.4 is 31.2 Å². The van der Waals surface area contributed by atoms with Gasteiger partial charge in [0.15, 0.2) is 0 Å². The monoisotopic (exact) mass is 1130 g/mol. The van der Waals surface area contributed by atoms with Crippen LogP contribution in [0.25, 0.3) is 11.1 Å². The summed E-state index contributed by atoms with van der Waals surface area (Å²) < 4.78 is 99.5. The minimum absolute atomic E-state index is 0.0346. The molecule has 0 heterocycles. The van der Waals surface area contributed by atoms with Gasteiger partial charge in [0, 0.05) is 31.0 Å². The summed E-state index contributed by atoms with van der Waals surface area (Å²) in [5, 5.41) is 30.4. The number of ether oxygens (including phenoxy) is 5. The minimum atomic E-state index is -2.52. The van der Waals surface area contributed by atoms with Crippen molar-refractivity contribution in [3.63, 3.8) is 0 Å². The highest BCUT2D eigenvalue weighted by atomic mass is 19.2. The zero-order valence-electron chi connectivity index (χ0n) is 43.2. The quantitative estimate of drug-likeness (QED) is 0.00524. The van der Waals surface area contributed by atoms with Crippen molar-refractivity contribution in [2.24, 2.45) is 5.73 Å². The maximum Gasteiger partial charge on any atom is 0.408 e. The van der Waals surface area contributed by atoms with Crippen LogP contribution in [0, 0.1) is 39.2 Å². The molecule has 7 aromatic rings. The fraction of sp³-hybridized carbons (Fsp3) is 0.203. The molecular formula is C59H52F5N5O13. The summed E-state index contributed by atoms with van der Waals surface area (Å²) in [7, 11) is 0. The lowest BCUT2D eigenvalue weighted by molar-refractivity contribution is -0.385. The van der Waals surface area contributed by atoms with E-state index in [1.807, 2.05) is 0 Å². The summed E-state index contributed by atoms with van der Waals surface area (Å²) in [5.74, 6) is -18.0. The molecule has 6 N–H and O–H groups in total. The number of aliphatic hydroxyl groups excluding tert-OH is 1. The number of nitrogens with zero attached hydrogens (tertiary/aromatic N) is 1. The van der Waals surface area contributed by atoms with E-state index >= 15 is 0 Å². The molecule has 0 bridgehead atoms. The molecule has 0 aliphatic heterocycles. The fourth-order valence-electron chi connectivity index (χ4n) is 8.05. The number of carbonyl (C=O) groups is 5. The highest BCUT2D eigenvalue weighted by Crippen LogP contribution is 2.34. The van der Waals surface area contributed by atoms with Crippen molar-refractivity contribution in [3.8, 4) is 22.6 Å².